The first-order chi connectivity index (χ1) is 7.69. The van der Waals surface area contributed by atoms with E-state index in [0.717, 1.165) is 13.1 Å². The zero-order valence-electron chi connectivity index (χ0n) is 9.95. The van der Waals surface area contributed by atoms with Crippen LogP contribution >= 0.6 is 0 Å². The molecule has 92 valence electrons. The molecule has 0 aromatic carbocycles. The maximum Gasteiger partial charge on any atom is 0.320 e. The first-order valence-electron chi connectivity index (χ1n) is 5.64. The van der Waals surface area contributed by atoms with E-state index in [0.29, 0.717) is 19.6 Å². The molecular weight excluding hydrogens is 208 g/mol. The number of hydrogen-bond donors (Lipinski definition) is 2. The second-order valence-corrected chi connectivity index (χ2v) is 3.71. The Hall–Kier alpha value is -1.30. The molecule has 0 aromatic rings. The highest BCUT2D eigenvalue weighted by Gasteiger charge is 2.22. The average Bonchev–Trinajstić information content (AvgIpc) is 2.35. The van der Waals surface area contributed by atoms with Crippen molar-refractivity contribution < 1.29 is 9.59 Å². The second-order valence-electron chi connectivity index (χ2n) is 3.71. The van der Waals surface area contributed by atoms with Crippen molar-refractivity contribution in [1.29, 1.82) is 0 Å². The molecule has 0 aromatic heterocycles. The van der Waals surface area contributed by atoms with Gasteiger partial charge in [0, 0.05) is 39.8 Å². The van der Waals surface area contributed by atoms with Crippen LogP contribution in [0.15, 0.2) is 0 Å². The Morgan fingerprint density at radius 3 is 2.50 bits per heavy atom. The van der Waals surface area contributed by atoms with Crippen LogP contribution in [0.3, 0.4) is 0 Å². The topological polar surface area (TPSA) is 64.7 Å². The van der Waals surface area contributed by atoms with Crippen LogP contribution in [-0.2, 0) is 4.79 Å². The maximum absolute atomic E-state index is 12.0. The average molecular weight is 228 g/mol. The van der Waals surface area contributed by atoms with Crippen LogP contribution in [-0.4, -0.2) is 68.1 Å². The summed E-state index contributed by atoms with van der Waals surface area (Å²) in [6.45, 7) is 5.63. The van der Waals surface area contributed by atoms with E-state index in [1.54, 1.807) is 16.8 Å². The highest BCUT2D eigenvalue weighted by Crippen LogP contribution is 2.00. The van der Waals surface area contributed by atoms with E-state index in [1.807, 2.05) is 6.92 Å². The standard InChI is InChI=1S/C10H20N4O2/c1-3-13(8-9(15)11-2)10(16)14-6-4-12-5-7-14/h12H,3-8H2,1-2H3,(H,11,15). The SMILES string of the molecule is CCN(CC(=O)NC)C(=O)N1CCNCC1. The summed E-state index contributed by atoms with van der Waals surface area (Å²) in [7, 11) is 1.57. The Morgan fingerprint density at radius 1 is 1.38 bits per heavy atom. The van der Waals surface area contributed by atoms with Crippen molar-refractivity contribution in [1.82, 2.24) is 20.4 Å². The van der Waals surface area contributed by atoms with Crippen molar-refractivity contribution in [2.45, 2.75) is 6.92 Å². The first kappa shape index (κ1) is 12.8. The lowest BCUT2D eigenvalue weighted by molar-refractivity contribution is -0.121. The summed E-state index contributed by atoms with van der Waals surface area (Å²) in [5, 5.41) is 5.71. The molecule has 0 radical (unpaired) electrons. The Labute approximate surface area is 96.0 Å². The second kappa shape index (κ2) is 6.32. The van der Waals surface area contributed by atoms with Crippen LogP contribution in [0, 0.1) is 0 Å². The lowest BCUT2D eigenvalue weighted by Crippen LogP contribution is -2.53. The minimum atomic E-state index is -0.134. The van der Waals surface area contributed by atoms with Gasteiger partial charge in [0.15, 0.2) is 0 Å². The summed E-state index contributed by atoms with van der Waals surface area (Å²) < 4.78 is 0. The van der Waals surface area contributed by atoms with Gasteiger partial charge in [0.25, 0.3) is 0 Å². The third kappa shape index (κ3) is 3.37. The van der Waals surface area contributed by atoms with Gasteiger partial charge in [0.2, 0.25) is 5.91 Å². The molecule has 0 atom stereocenters. The van der Waals surface area contributed by atoms with Crippen LogP contribution in [0.5, 0.6) is 0 Å². The molecule has 2 N–H and O–H groups in total. The van der Waals surface area contributed by atoms with E-state index in [4.69, 9.17) is 0 Å². The van der Waals surface area contributed by atoms with Crippen molar-refractivity contribution in [2.24, 2.45) is 0 Å². The molecule has 3 amide bonds. The summed E-state index contributed by atoms with van der Waals surface area (Å²) in [6, 6.07) is -0.0485. The fraction of sp³-hybridized carbons (Fsp3) is 0.800. The molecule has 1 aliphatic heterocycles. The summed E-state index contributed by atoms with van der Waals surface area (Å²) in [5.74, 6) is -0.134. The van der Waals surface area contributed by atoms with Gasteiger partial charge >= 0.3 is 6.03 Å². The van der Waals surface area contributed by atoms with Crippen LogP contribution in [0.25, 0.3) is 0 Å². The largest absolute Gasteiger partial charge is 0.358 e. The van der Waals surface area contributed by atoms with Crippen molar-refractivity contribution in [3.05, 3.63) is 0 Å². The molecule has 16 heavy (non-hydrogen) atoms. The Morgan fingerprint density at radius 2 is 2.00 bits per heavy atom. The molecule has 1 rings (SSSR count). The molecule has 1 aliphatic rings. The van der Waals surface area contributed by atoms with Gasteiger partial charge in [-0.25, -0.2) is 4.79 Å². The fourth-order valence-corrected chi connectivity index (χ4v) is 1.62. The lowest BCUT2D eigenvalue weighted by Gasteiger charge is -2.32. The van der Waals surface area contributed by atoms with E-state index in [-0.39, 0.29) is 18.5 Å². The number of nitrogens with one attached hydrogen (secondary N) is 2. The number of urea groups is 1. The third-order valence-corrected chi connectivity index (χ3v) is 2.65. The third-order valence-electron chi connectivity index (χ3n) is 2.65. The van der Waals surface area contributed by atoms with Crippen LogP contribution in [0.4, 0.5) is 4.79 Å². The number of rotatable bonds is 3. The zero-order chi connectivity index (χ0) is 12.0. The Kier molecular flexibility index (Phi) is 5.04. The number of carbonyl (C=O) groups excluding carboxylic acids is 2. The molecule has 0 saturated carbocycles. The van der Waals surface area contributed by atoms with E-state index < -0.39 is 0 Å². The van der Waals surface area contributed by atoms with E-state index >= 15 is 0 Å². The molecule has 6 heteroatoms. The molecule has 0 bridgehead atoms. The molecule has 1 fully saturated rings. The molecular formula is C10H20N4O2. The highest BCUT2D eigenvalue weighted by atomic mass is 16.2. The highest BCUT2D eigenvalue weighted by molar-refractivity contribution is 5.83. The monoisotopic (exact) mass is 228 g/mol. The molecule has 1 heterocycles. The molecule has 0 aliphatic carbocycles. The van der Waals surface area contributed by atoms with Gasteiger partial charge < -0.3 is 20.4 Å². The van der Waals surface area contributed by atoms with Crippen LogP contribution in [0.2, 0.25) is 0 Å². The molecule has 6 nitrogen and oxygen atoms in total. The lowest BCUT2D eigenvalue weighted by atomic mass is 10.3. The van der Waals surface area contributed by atoms with Crippen molar-refractivity contribution >= 4 is 11.9 Å². The van der Waals surface area contributed by atoms with Crippen molar-refractivity contribution in [3.63, 3.8) is 0 Å². The van der Waals surface area contributed by atoms with Crippen molar-refractivity contribution in [2.75, 3.05) is 46.3 Å². The predicted molar refractivity (Wildman–Crippen MR) is 61.2 cm³/mol. The van der Waals surface area contributed by atoms with Crippen molar-refractivity contribution in [3.8, 4) is 0 Å². The number of piperazine rings is 1. The van der Waals surface area contributed by atoms with Gasteiger partial charge in [-0.1, -0.05) is 0 Å². The quantitative estimate of drug-likeness (QED) is 0.656. The molecule has 1 saturated heterocycles. The summed E-state index contributed by atoms with van der Waals surface area (Å²) in [4.78, 5) is 26.6. The number of likely N-dealkylation sites (N-methyl/N-ethyl adjacent to an activating group) is 2. The normalized spacial score (nSPS) is 15.8. The van der Waals surface area contributed by atoms with Crippen LogP contribution in [0.1, 0.15) is 6.92 Å². The van der Waals surface area contributed by atoms with Gasteiger partial charge in [0.05, 0.1) is 0 Å². The van der Waals surface area contributed by atoms with Gasteiger partial charge in [-0.05, 0) is 6.92 Å². The Bertz CT molecular complexity index is 251. The molecule has 0 unspecified atom stereocenters. The van der Waals surface area contributed by atoms with Gasteiger partial charge in [0.1, 0.15) is 6.54 Å². The fourth-order valence-electron chi connectivity index (χ4n) is 1.62. The van der Waals surface area contributed by atoms with E-state index in [1.165, 1.54) is 0 Å². The predicted octanol–water partition coefficient (Wildman–Crippen LogP) is -0.920. The summed E-state index contributed by atoms with van der Waals surface area (Å²) in [6.07, 6.45) is 0. The number of hydrogen-bond acceptors (Lipinski definition) is 3. The van der Waals surface area contributed by atoms with E-state index in [2.05, 4.69) is 10.6 Å². The minimum absolute atomic E-state index is 0.0485. The number of carbonyl (C=O) groups is 2. The first-order valence-corrected chi connectivity index (χ1v) is 5.64. The van der Waals surface area contributed by atoms with Gasteiger partial charge in [-0.2, -0.15) is 0 Å². The summed E-state index contributed by atoms with van der Waals surface area (Å²) >= 11 is 0. The Balaban J connectivity index is 2.50. The minimum Gasteiger partial charge on any atom is -0.358 e. The maximum atomic E-state index is 12.0. The zero-order valence-corrected chi connectivity index (χ0v) is 9.95. The van der Waals surface area contributed by atoms with Crippen LogP contribution < -0.4 is 10.6 Å². The number of nitrogens with zero attached hydrogens (tertiary/aromatic N) is 2. The smallest absolute Gasteiger partial charge is 0.320 e. The molecule has 0 spiro atoms. The number of amides is 3. The van der Waals surface area contributed by atoms with Gasteiger partial charge in [-0.15, -0.1) is 0 Å². The van der Waals surface area contributed by atoms with Gasteiger partial charge in [-0.3, -0.25) is 4.79 Å². The van der Waals surface area contributed by atoms with E-state index in [9.17, 15) is 9.59 Å². The summed E-state index contributed by atoms with van der Waals surface area (Å²) in [5.41, 5.74) is 0.